The van der Waals surface area contributed by atoms with Crippen LogP contribution in [0.5, 0.6) is 0 Å². The SMILES string of the molecule is CCOC(=O)N[C@@H](CC(=O)NC[C@H]1CCCO1)c1ccccc1. The molecular formula is C17H24N2O4. The molecule has 2 atom stereocenters. The third-order valence-corrected chi connectivity index (χ3v) is 3.71. The first-order valence-electron chi connectivity index (χ1n) is 8.05. The molecule has 1 aliphatic rings. The van der Waals surface area contributed by atoms with Crippen molar-refractivity contribution in [3.63, 3.8) is 0 Å². The summed E-state index contributed by atoms with van der Waals surface area (Å²) in [6, 6.07) is 8.98. The lowest BCUT2D eigenvalue weighted by molar-refractivity contribution is -0.122. The van der Waals surface area contributed by atoms with Crippen molar-refractivity contribution < 1.29 is 19.1 Å². The lowest BCUT2D eigenvalue weighted by atomic mass is 10.0. The van der Waals surface area contributed by atoms with E-state index in [-0.39, 0.29) is 18.4 Å². The van der Waals surface area contributed by atoms with Crippen LogP contribution in [-0.4, -0.2) is 37.9 Å². The van der Waals surface area contributed by atoms with E-state index >= 15 is 0 Å². The van der Waals surface area contributed by atoms with Crippen molar-refractivity contribution >= 4 is 12.0 Å². The van der Waals surface area contributed by atoms with Crippen LogP contribution in [-0.2, 0) is 14.3 Å². The molecule has 1 aromatic rings. The predicted molar refractivity (Wildman–Crippen MR) is 85.9 cm³/mol. The predicted octanol–water partition coefficient (Wildman–Crippen LogP) is 2.16. The van der Waals surface area contributed by atoms with E-state index in [1.807, 2.05) is 30.3 Å². The highest BCUT2D eigenvalue weighted by Crippen LogP contribution is 2.17. The van der Waals surface area contributed by atoms with Crippen LogP contribution in [0, 0.1) is 0 Å². The number of rotatable bonds is 7. The molecule has 0 saturated carbocycles. The third-order valence-electron chi connectivity index (χ3n) is 3.71. The molecule has 2 rings (SSSR count). The van der Waals surface area contributed by atoms with Crippen LogP contribution in [0.15, 0.2) is 30.3 Å². The lowest BCUT2D eigenvalue weighted by Crippen LogP contribution is -2.36. The normalized spacial score (nSPS) is 18.2. The van der Waals surface area contributed by atoms with E-state index in [1.165, 1.54) is 0 Å². The standard InChI is InChI=1S/C17H24N2O4/c1-2-22-17(21)19-15(13-7-4-3-5-8-13)11-16(20)18-12-14-9-6-10-23-14/h3-5,7-8,14-15H,2,6,9-12H2,1H3,(H,18,20)(H,19,21)/t14-,15+/m1/s1. The number of hydrogen-bond acceptors (Lipinski definition) is 4. The second kappa shape index (κ2) is 9.15. The Hall–Kier alpha value is -2.08. The molecule has 0 unspecified atom stereocenters. The van der Waals surface area contributed by atoms with Crippen molar-refractivity contribution in [3.05, 3.63) is 35.9 Å². The maximum absolute atomic E-state index is 12.2. The third kappa shape index (κ3) is 5.90. The fourth-order valence-electron chi connectivity index (χ4n) is 2.54. The fourth-order valence-corrected chi connectivity index (χ4v) is 2.54. The van der Waals surface area contributed by atoms with Crippen LogP contribution in [0.3, 0.4) is 0 Å². The Morgan fingerprint density at radius 2 is 2.13 bits per heavy atom. The van der Waals surface area contributed by atoms with Gasteiger partial charge < -0.3 is 20.1 Å². The van der Waals surface area contributed by atoms with Gasteiger partial charge in [-0.25, -0.2) is 4.79 Å². The topological polar surface area (TPSA) is 76.7 Å². The van der Waals surface area contributed by atoms with Gasteiger partial charge in [0.25, 0.3) is 0 Å². The second-order valence-corrected chi connectivity index (χ2v) is 5.47. The van der Waals surface area contributed by atoms with Gasteiger partial charge in [0.1, 0.15) is 0 Å². The summed E-state index contributed by atoms with van der Waals surface area (Å²) in [4.78, 5) is 23.9. The van der Waals surface area contributed by atoms with E-state index in [0.717, 1.165) is 25.0 Å². The molecular weight excluding hydrogens is 296 g/mol. The highest BCUT2D eigenvalue weighted by molar-refractivity contribution is 5.78. The number of nitrogens with one attached hydrogen (secondary N) is 2. The minimum atomic E-state index is -0.520. The smallest absolute Gasteiger partial charge is 0.407 e. The van der Waals surface area contributed by atoms with E-state index in [1.54, 1.807) is 6.92 Å². The van der Waals surface area contributed by atoms with Gasteiger partial charge in [-0.15, -0.1) is 0 Å². The molecule has 6 heteroatoms. The first kappa shape index (κ1) is 17.3. The number of benzene rings is 1. The summed E-state index contributed by atoms with van der Waals surface area (Å²) < 4.78 is 10.4. The maximum atomic E-state index is 12.2. The van der Waals surface area contributed by atoms with E-state index in [2.05, 4.69) is 10.6 Å². The number of alkyl carbamates (subject to hydrolysis) is 1. The Morgan fingerprint density at radius 3 is 2.78 bits per heavy atom. The summed E-state index contributed by atoms with van der Waals surface area (Å²) >= 11 is 0. The molecule has 23 heavy (non-hydrogen) atoms. The van der Waals surface area contributed by atoms with Crippen LogP contribution < -0.4 is 10.6 Å². The molecule has 1 aliphatic heterocycles. The van der Waals surface area contributed by atoms with Gasteiger partial charge in [-0.3, -0.25) is 4.79 Å². The average molecular weight is 320 g/mol. The largest absolute Gasteiger partial charge is 0.450 e. The molecule has 126 valence electrons. The highest BCUT2D eigenvalue weighted by Gasteiger charge is 2.21. The van der Waals surface area contributed by atoms with Crippen LogP contribution in [0.2, 0.25) is 0 Å². The van der Waals surface area contributed by atoms with Gasteiger partial charge in [0, 0.05) is 13.2 Å². The van der Waals surface area contributed by atoms with Crippen molar-refractivity contribution in [1.29, 1.82) is 0 Å². The van der Waals surface area contributed by atoms with Crippen LogP contribution >= 0.6 is 0 Å². The summed E-state index contributed by atoms with van der Waals surface area (Å²) in [5.41, 5.74) is 0.868. The molecule has 6 nitrogen and oxygen atoms in total. The van der Waals surface area contributed by atoms with Crippen LogP contribution in [0.4, 0.5) is 4.79 Å². The minimum Gasteiger partial charge on any atom is -0.450 e. The zero-order valence-electron chi connectivity index (χ0n) is 13.4. The van der Waals surface area contributed by atoms with E-state index in [0.29, 0.717) is 13.2 Å². The van der Waals surface area contributed by atoms with Gasteiger partial charge in [-0.1, -0.05) is 30.3 Å². The van der Waals surface area contributed by atoms with Gasteiger partial charge in [-0.2, -0.15) is 0 Å². The van der Waals surface area contributed by atoms with Crippen molar-refractivity contribution in [2.45, 2.75) is 38.3 Å². The van der Waals surface area contributed by atoms with Gasteiger partial charge in [-0.05, 0) is 25.3 Å². The van der Waals surface area contributed by atoms with Crippen molar-refractivity contribution in [2.75, 3.05) is 19.8 Å². The Morgan fingerprint density at radius 1 is 1.35 bits per heavy atom. The number of carbonyl (C=O) groups is 2. The molecule has 2 N–H and O–H groups in total. The minimum absolute atomic E-state index is 0.104. The number of hydrogen-bond donors (Lipinski definition) is 2. The molecule has 1 saturated heterocycles. The average Bonchev–Trinajstić information content (AvgIpc) is 3.07. The van der Waals surface area contributed by atoms with Gasteiger partial charge in [0.05, 0.1) is 25.2 Å². The molecule has 1 aromatic carbocycles. The Kier molecular flexibility index (Phi) is 6.87. The first-order chi connectivity index (χ1) is 11.2. The van der Waals surface area contributed by atoms with Gasteiger partial charge >= 0.3 is 6.09 Å². The molecule has 0 aliphatic carbocycles. The lowest BCUT2D eigenvalue weighted by Gasteiger charge is -2.19. The number of ether oxygens (including phenoxy) is 2. The molecule has 2 amide bonds. The van der Waals surface area contributed by atoms with Crippen molar-refractivity contribution in [3.8, 4) is 0 Å². The van der Waals surface area contributed by atoms with Crippen LogP contribution in [0.25, 0.3) is 0 Å². The highest BCUT2D eigenvalue weighted by atomic mass is 16.5. The van der Waals surface area contributed by atoms with Gasteiger partial charge in [0.2, 0.25) is 5.91 Å². The summed E-state index contributed by atoms with van der Waals surface area (Å²) in [6.07, 6.45) is 1.76. The van der Waals surface area contributed by atoms with E-state index in [4.69, 9.17) is 9.47 Å². The molecule has 1 heterocycles. The molecule has 1 fully saturated rings. The van der Waals surface area contributed by atoms with Crippen LogP contribution in [0.1, 0.15) is 37.8 Å². The van der Waals surface area contributed by atoms with Crippen molar-refractivity contribution in [2.24, 2.45) is 0 Å². The zero-order valence-corrected chi connectivity index (χ0v) is 13.4. The Balaban J connectivity index is 1.90. The molecule has 0 aromatic heterocycles. The van der Waals surface area contributed by atoms with Crippen molar-refractivity contribution in [1.82, 2.24) is 10.6 Å². The molecule has 0 spiro atoms. The molecule has 0 radical (unpaired) electrons. The monoisotopic (exact) mass is 320 g/mol. The summed E-state index contributed by atoms with van der Waals surface area (Å²) in [5, 5.41) is 5.61. The first-order valence-corrected chi connectivity index (χ1v) is 8.05. The Bertz CT molecular complexity index is 501. The maximum Gasteiger partial charge on any atom is 0.407 e. The zero-order chi connectivity index (χ0) is 16.5. The molecule has 0 bridgehead atoms. The summed E-state index contributed by atoms with van der Waals surface area (Å²) in [5.74, 6) is -0.119. The number of carbonyl (C=O) groups excluding carboxylic acids is 2. The fraction of sp³-hybridized carbons (Fsp3) is 0.529. The second-order valence-electron chi connectivity index (χ2n) is 5.47. The summed E-state index contributed by atoms with van der Waals surface area (Å²) in [6.45, 7) is 3.31. The van der Waals surface area contributed by atoms with E-state index in [9.17, 15) is 9.59 Å². The van der Waals surface area contributed by atoms with Gasteiger partial charge in [0.15, 0.2) is 0 Å². The number of amides is 2. The van der Waals surface area contributed by atoms with E-state index < -0.39 is 12.1 Å². The Labute approximate surface area is 136 Å². The quantitative estimate of drug-likeness (QED) is 0.807. The summed E-state index contributed by atoms with van der Waals surface area (Å²) in [7, 11) is 0.